The van der Waals surface area contributed by atoms with Gasteiger partial charge in [0.25, 0.3) is 5.91 Å². The number of aromatic nitrogens is 2. The highest BCUT2D eigenvalue weighted by molar-refractivity contribution is 7.15. The van der Waals surface area contributed by atoms with Crippen LogP contribution < -0.4 is 10.9 Å². The molecule has 0 aliphatic carbocycles. The van der Waals surface area contributed by atoms with E-state index in [1.165, 1.54) is 6.07 Å². The van der Waals surface area contributed by atoms with Crippen molar-refractivity contribution in [3.8, 4) is 10.7 Å². The molecule has 1 N–H and O–H groups in total. The summed E-state index contributed by atoms with van der Waals surface area (Å²) in [5.41, 5.74) is -0.312. The van der Waals surface area contributed by atoms with Gasteiger partial charge in [-0.1, -0.05) is 18.2 Å². The Kier molecular flexibility index (Phi) is 3.90. The van der Waals surface area contributed by atoms with E-state index in [9.17, 15) is 9.59 Å². The Hall–Kier alpha value is -2.84. The van der Waals surface area contributed by atoms with Crippen LogP contribution in [0, 0.1) is 6.92 Å². The first-order valence-corrected chi connectivity index (χ1v) is 8.94. The minimum Gasteiger partial charge on any atom is -0.422 e. The first-order chi connectivity index (χ1) is 12.1. The highest BCUT2D eigenvalue weighted by Crippen LogP contribution is 2.27. The van der Waals surface area contributed by atoms with Crippen LogP contribution in [-0.2, 0) is 0 Å². The molecule has 3 aromatic heterocycles. The third-order valence-electron chi connectivity index (χ3n) is 3.49. The van der Waals surface area contributed by atoms with E-state index < -0.39 is 11.5 Å². The number of fused-ring (bicyclic) bond motifs is 1. The zero-order valence-electron chi connectivity index (χ0n) is 13.0. The molecule has 0 saturated carbocycles. The molecule has 124 valence electrons. The van der Waals surface area contributed by atoms with Gasteiger partial charge in [-0.3, -0.25) is 10.1 Å². The number of hydrogen-bond donors (Lipinski definition) is 1. The van der Waals surface area contributed by atoms with Crippen LogP contribution >= 0.6 is 22.9 Å². The SMILES string of the molecule is Cc1ccc(-c2nsc(NC(=O)c3cc4ccccc4oc3=O)n2)s1. The van der Waals surface area contributed by atoms with E-state index in [2.05, 4.69) is 14.7 Å². The maximum atomic E-state index is 12.4. The summed E-state index contributed by atoms with van der Waals surface area (Å²) in [7, 11) is 0. The molecule has 0 saturated heterocycles. The molecular formula is C17H11N3O3S2. The van der Waals surface area contributed by atoms with Crippen LogP contribution in [0.2, 0.25) is 0 Å². The van der Waals surface area contributed by atoms with Gasteiger partial charge < -0.3 is 4.42 Å². The molecule has 0 spiro atoms. The van der Waals surface area contributed by atoms with Gasteiger partial charge in [-0.25, -0.2) is 4.79 Å². The fourth-order valence-electron chi connectivity index (χ4n) is 2.31. The number of thiophene rings is 1. The summed E-state index contributed by atoms with van der Waals surface area (Å²) in [6.45, 7) is 2.00. The first-order valence-electron chi connectivity index (χ1n) is 7.35. The van der Waals surface area contributed by atoms with E-state index in [0.717, 1.165) is 21.3 Å². The lowest BCUT2D eigenvalue weighted by atomic mass is 10.2. The van der Waals surface area contributed by atoms with Crippen molar-refractivity contribution >= 4 is 44.9 Å². The molecule has 4 aromatic rings. The molecule has 0 aliphatic rings. The second kappa shape index (κ2) is 6.23. The van der Waals surface area contributed by atoms with Gasteiger partial charge in [0, 0.05) is 21.8 Å². The zero-order chi connectivity index (χ0) is 17.4. The Labute approximate surface area is 149 Å². The number of aryl methyl sites for hydroxylation is 1. The zero-order valence-corrected chi connectivity index (χ0v) is 14.6. The van der Waals surface area contributed by atoms with E-state index >= 15 is 0 Å². The lowest BCUT2D eigenvalue weighted by Gasteiger charge is -2.01. The number of carbonyl (C=O) groups excluding carboxylic acids is 1. The Morgan fingerprint density at radius 2 is 2.04 bits per heavy atom. The van der Waals surface area contributed by atoms with Crippen molar-refractivity contribution in [1.82, 2.24) is 9.36 Å². The van der Waals surface area contributed by atoms with Gasteiger partial charge in [0.2, 0.25) is 5.13 Å². The summed E-state index contributed by atoms with van der Waals surface area (Å²) >= 11 is 2.64. The monoisotopic (exact) mass is 369 g/mol. The smallest absolute Gasteiger partial charge is 0.349 e. The van der Waals surface area contributed by atoms with E-state index in [1.54, 1.807) is 29.5 Å². The summed E-state index contributed by atoms with van der Waals surface area (Å²) in [6, 6.07) is 12.5. The second-order valence-corrected chi connectivity index (χ2v) is 7.31. The Balaban J connectivity index is 1.61. The number of para-hydroxylation sites is 1. The molecule has 1 aromatic carbocycles. The van der Waals surface area contributed by atoms with Crippen molar-refractivity contribution in [3.05, 3.63) is 63.3 Å². The lowest BCUT2D eigenvalue weighted by molar-refractivity contribution is 0.102. The molecule has 4 rings (SSSR count). The van der Waals surface area contributed by atoms with E-state index in [0.29, 0.717) is 21.9 Å². The van der Waals surface area contributed by atoms with Crippen molar-refractivity contribution < 1.29 is 9.21 Å². The Bertz CT molecular complexity index is 1140. The molecule has 0 radical (unpaired) electrons. The predicted octanol–water partition coefficient (Wildman–Crippen LogP) is 3.93. The van der Waals surface area contributed by atoms with E-state index in [1.807, 2.05) is 25.1 Å². The van der Waals surface area contributed by atoms with Gasteiger partial charge in [-0.15, -0.1) is 11.3 Å². The first kappa shape index (κ1) is 15.7. The lowest BCUT2D eigenvalue weighted by Crippen LogP contribution is -2.20. The van der Waals surface area contributed by atoms with Gasteiger partial charge in [-0.05, 0) is 31.2 Å². The van der Waals surface area contributed by atoms with Crippen LogP contribution in [-0.4, -0.2) is 15.3 Å². The minimum atomic E-state index is -0.685. The quantitative estimate of drug-likeness (QED) is 0.553. The molecule has 25 heavy (non-hydrogen) atoms. The van der Waals surface area contributed by atoms with E-state index in [4.69, 9.17) is 4.42 Å². The molecule has 0 fully saturated rings. The summed E-state index contributed by atoms with van der Waals surface area (Å²) in [5.74, 6) is -0.00601. The molecule has 0 aliphatic heterocycles. The fourth-order valence-corrected chi connectivity index (χ4v) is 3.75. The van der Waals surface area contributed by atoms with Crippen molar-refractivity contribution in [2.45, 2.75) is 6.92 Å². The predicted molar refractivity (Wildman–Crippen MR) is 98.4 cm³/mol. The van der Waals surface area contributed by atoms with Crippen molar-refractivity contribution in [3.63, 3.8) is 0 Å². The molecule has 8 heteroatoms. The van der Waals surface area contributed by atoms with Crippen molar-refractivity contribution in [1.29, 1.82) is 0 Å². The van der Waals surface area contributed by atoms with Gasteiger partial charge in [0.15, 0.2) is 5.82 Å². The average Bonchev–Trinajstić information content (AvgIpc) is 3.23. The van der Waals surface area contributed by atoms with Gasteiger partial charge in [-0.2, -0.15) is 9.36 Å². The summed E-state index contributed by atoms with van der Waals surface area (Å²) < 4.78 is 9.43. The van der Waals surface area contributed by atoms with Crippen LogP contribution in [0.15, 0.2) is 51.7 Å². The number of hydrogen-bond acceptors (Lipinski definition) is 7. The molecule has 0 unspecified atom stereocenters. The highest BCUT2D eigenvalue weighted by atomic mass is 32.1. The number of rotatable bonds is 3. The number of carbonyl (C=O) groups is 1. The number of benzene rings is 1. The van der Waals surface area contributed by atoms with Crippen molar-refractivity contribution in [2.75, 3.05) is 5.32 Å². The number of nitrogens with one attached hydrogen (secondary N) is 1. The maximum absolute atomic E-state index is 12.4. The molecule has 0 atom stereocenters. The Morgan fingerprint density at radius 1 is 1.20 bits per heavy atom. The fraction of sp³-hybridized carbons (Fsp3) is 0.0588. The van der Waals surface area contributed by atoms with Crippen LogP contribution in [0.25, 0.3) is 21.7 Å². The minimum absolute atomic E-state index is 0.0672. The normalized spacial score (nSPS) is 10.9. The van der Waals surface area contributed by atoms with Gasteiger partial charge >= 0.3 is 5.63 Å². The topological polar surface area (TPSA) is 85.1 Å². The largest absolute Gasteiger partial charge is 0.422 e. The number of amides is 1. The van der Waals surface area contributed by atoms with Crippen LogP contribution in [0.5, 0.6) is 0 Å². The van der Waals surface area contributed by atoms with Crippen LogP contribution in [0.4, 0.5) is 5.13 Å². The summed E-state index contributed by atoms with van der Waals surface area (Å²) in [5, 5.41) is 3.62. The highest BCUT2D eigenvalue weighted by Gasteiger charge is 2.16. The molecule has 1 amide bonds. The van der Waals surface area contributed by atoms with Crippen molar-refractivity contribution in [2.24, 2.45) is 0 Å². The second-order valence-electron chi connectivity index (χ2n) is 5.27. The summed E-state index contributed by atoms with van der Waals surface area (Å²) in [4.78, 5) is 30.8. The maximum Gasteiger partial charge on any atom is 0.349 e. The van der Waals surface area contributed by atoms with E-state index in [-0.39, 0.29) is 5.56 Å². The standard InChI is InChI=1S/C17H11N3O3S2/c1-9-6-7-13(24-9)14-18-17(25-20-14)19-15(21)11-8-10-4-2-3-5-12(10)23-16(11)22/h2-8H,1H3,(H,18,19,20,21). The third kappa shape index (κ3) is 3.09. The molecule has 0 bridgehead atoms. The van der Waals surface area contributed by atoms with Gasteiger partial charge in [0.05, 0.1) is 4.88 Å². The van der Waals surface area contributed by atoms with Gasteiger partial charge in [0.1, 0.15) is 11.1 Å². The number of anilines is 1. The van der Waals surface area contributed by atoms with Crippen LogP contribution in [0.3, 0.4) is 0 Å². The Morgan fingerprint density at radius 3 is 2.84 bits per heavy atom. The molecule has 3 heterocycles. The molecule has 6 nitrogen and oxygen atoms in total. The average molecular weight is 369 g/mol. The molecular weight excluding hydrogens is 358 g/mol. The third-order valence-corrected chi connectivity index (χ3v) is 5.12. The van der Waals surface area contributed by atoms with Crippen LogP contribution in [0.1, 0.15) is 15.2 Å². The number of nitrogens with zero attached hydrogens (tertiary/aromatic N) is 2. The summed E-state index contributed by atoms with van der Waals surface area (Å²) in [6.07, 6.45) is 0.